The van der Waals surface area contributed by atoms with Crippen LogP contribution in [0.5, 0.6) is 0 Å². The molecule has 0 aliphatic heterocycles. The van der Waals surface area contributed by atoms with Gasteiger partial charge in [0.1, 0.15) is 16.5 Å². The number of nitrogens with zero attached hydrogens (tertiary/aromatic N) is 1. The van der Waals surface area contributed by atoms with Gasteiger partial charge in [-0.05, 0) is 37.9 Å². The zero-order valence-corrected chi connectivity index (χ0v) is 24.3. The van der Waals surface area contributed by atoms with Gasteiger partial charge in [-0.15, -0.1) is 0 Å². The average molecular weight is 460 g/mol. The first-order valence-electron chi connectivity index (χ1n) is 9.81. The smallest absolute Gasteiger partial charge is 0.319 e. The topological polar surface area (TPSA) is 41.9 Å². The quantitative estimate of drug-likeness (QED) is 0.555. The fourth-order valence-electron chi connectivity index (χ4n) is 4.51. The lowest BCUT2D eigenvalue weighted by molar-refractivity contribution is 0.310. The van der Waals surface area contributed by atoms with Crippen LogP contribution in [0.4, 0.5) is 0 Å². The van der Waals surface area contributed by atoms with Crippen molar-refractivity contribution in [1.82, 2.24) is 3.90 Å². The summed E-state index contributed by atoms with van der Waals surface area (Å²) in [6.45, 7) is 25.1. The van der Waals surface area contributed by atoms with Gasteiger partial charge in [0.2, 0.25) is 8.32 Å². The minimum atomic E-state index is -2.67. The van der Waals surface area contributed by atoms with Gasteiger partial charge in [-0.1, -0.05) is 69.6 Å². The summed E-state index contributed by atoms with van der Waals surface area (Å²) in [6, 6.07) is 10.4. The summed E-state index contributed by atoms with van der Waals surface area (Å²) in [7, 11) is -10.2. The second-order valence-corrected chi connectivity index (χ2v) is 32.1. The van der Waals surface area contributed by atoms with Gasteiger partial charge in [0.05, 0.1) is 6.23 Å². The molecule has 1 atom stereocenters. The molecule has 0 spiro atoms. The molecule has 27 heavy (non-hydrogen) atoms. The van der Waals surface area contributed by atoms with E-state index in [1.54, 1.807) is 0 Å². The lowest BCUT2D eigenvalue weighted by Crippen LogP contribution is -2.72. The maximum Gasteiger partial charge on any atom is 0.319 e. The molecule has 1 N–H and O–H groups in total. The van der Waals surface area contributed by atoms with Crippen LogP contribution in [-0.2, 0) is 8.54 Å². The van der Waals surface area contributed by atoms with Crippen molar-refractivity contribution in [3.8, 4) is 0 Å². The molecule has 0 aliphatic rings. The molecule has 1 unspecified atom stereocenters. The van der Waals surface area contributed by atoms with E-state index in [9.17, 15) is 4.80 Å². The third kappa shape index (κ3) is 7.48. The lowest BCUT2D eigenvalue weighted by Gasteiger charge is -2.52. The molecule has 0 bridgehead atoms. The van der Waals surface area contributed by atoms with Gasteiger partial charge < -0.3 is 17.2 Å². The summed E-state index contributed by atoms with van der Waals surface area (Å²) in [5, 5.41) is 1.19. The summed E-state index contributed by atoms with van der Waals surface area (Å²) in [5.74, 6) is 0. The van der Waals surface area contributed by atoms with Gasteiger partial charge in [-0.3, -0.25) is 0 Å². The molecule has 0 amide bonds. The maximum atomic E-state index is 10.5. The van der Waals surface area contributed by atoms with Gasteiger partial charge in [0, 0.05) is 0 Å². The number of rotatable bonds is 9. The Hall–Kier alpha value is 0.144. The van der Waals surface area contributed by atoms with E-state index in [1.807, 2.05) is 19.2 Å². The Labute approximate surface area is 172 Å². The normalized spacial score (nSPS) is 16.5. The molecule has 0 saturated carbocycles. The van der Waals surface area contributed by atoms with Crippen molar-refractivity contribution in [2.24, 2.45) is 0 Å². The Balaban J connectivity index is 3.19. The second kappa shape index (κ2) is 8.48. The van der Waals surface area contributed by atoms with Gasteiger partial charge in [0.25, 0.3) is 8.48 Å². The van der Waals surface area contributed by atoms with Crippen LogP contribution in [0, 0.1) is 0 Å². The molecule has 156 valence electrons. The van der Waals surface area contributed by atoms with Crippen molar-refractivity contribution in [2.75, 3.05) is 6.23 Å². The molecule has 0 aromatic heterocycles. The molecule has 9 heteroatoms. The summed E-state index contributed by atoms with van der Waals surface area (Å²) in [4.78, 5) is 10.5. The molecule has 0 aliphatic carbocycles. The molecule has 0 fully saturated rings. The maximum absolute atomic E-state index is 10.5. The van der Waals surface area contributed by atoms with Crippen LogP contribution in [-0.4, -0.2) is 56.8 Å². The highest BCUT2D eigenvalue weighted by Gasteiger charge is 2.48. The van der Waals surface area contributed by atoms with Crippen LogP contribution >= 0.6 is 0 Å². The summed E-state index contributed by atoms with van der Waals surface area (Å²) >= 11 is 0. The minimum absolute atomic E-state index is 0.596. The Morgan fingerprint density at radius 3 is 1.59 bits per heavy atom. The molecule has 0 saturated heterocycles. The van der Waals surface area contributed by atoms with Crippen LogP contribution in [0.3, 0.4) is 0 Å². The standard InChI is InChI=1S/C18H41NO3Si5/c1-23(2,3)19(24(4,5)6)25(7,8)21-17-27(11,22-26(9,10)20)18-15-13-12-14-16-18/h12-16,20H,17H2,1-11H3. The van der Waals surface area contributed by atoms with Crippen molar-refractivity contribution in [1.29, 1.82) is 0 Å². The first-order valence-corrected chi connectivity index (χ1v) is 25.0. The molecule has 0 heterocycles. The van der Waals surface area contributed by atoms with E-state index in [2.05, 4.69) is 87.1 Å². The highest BCUT2D eigenvalue weighted by Crippen LogP contribution is 2.29. The van der Waals surface area contributed by atoms with Crippen molar-refractivity contribution >= 4 is 47.0 Å². The van der Waals surface area contributed by atoms with E-state index >= 15 is 0 Å². The van der Waals surface area contributed by atoms with Crippen LogP contribution < -0.4 is 5.19 Å². The predicted octanol–water partition coefficient (Wildman–Crippen LogP) is 4.41. The third-order valence-electron chi connectivity index (χ3n) is 4.44. The number of benzene rings is 1. The van der Waals surface area contributed by atoms with Crippen molar-refractivity contribution in [3.05, 3.63) is 30.3 Å². The van der Waals surface area contributed by atoms with Crippen LogP contribution in [0.1, 0.15) is 0 Å². The molecular formula is C18H41NO3Si5. The highest BCUT2D eigenvalue weighted by atomic mass is 28.5. The zero-order chi connectivity index (χ0) is 21.3. The van der Waals surface area contributed by atoms with Crippen LogP contribution in [0.2, 0.25) is 72.0 Å². The van der Waals surface area contributed by atoms with E-state index in [4.69, 9.17) is 8.54 Å². The Morgan fingerprint density at radius 1 is 0.778 bits per heavy atom. The highest BCUT2D eigenvalue weighted by molar-refractivity contribution is 7.02. The van der Waals surface area contributed by atoms with Crippen molar-refractivity contribution in [3.63, 3.8) is 0 Å². The van der Waals surface area contributed by atoms with E-state index in [1.165, 1.54) is 5.19 Å². The monoisotopic (exact) mass is 459 g/mol. The van der Waals surface area contributed by atoms with Crippen LogP contribution in [0.25, 0.3) is 0 Å². The Kier molecular flexibility index (Phi) is 7.91. The van der Waals surface area contributed by atoms with Crippen molar-refractivity contribution < 1.29 is 13.3 Å². The molecular weight excluding hydrogens is 419 g/mol. The summed E-state index contributed by atoms with van der Waals surface area (Å²) < 4.78 is 16.0. The van der Waals surface area contributed by atoms with E-state index in [0.717, 1.165) is 0 Å². The van der Waals surface area contributed by atoms with E-state index in [0.29, 0.717) is 6.23 Å². The fraction of sp³-hybridized carbons (Fsp3) is 0.667. The van der Waals surface area contributed by atoms with Crippen LogP contribution in [0.15, 0.2) is 30.3 Å². The van der Waals surface area contributed by atoms with E-state index in [-0.39, 0.29) is 0 Å². The zero-order valence-electron chi connectivity index (χ0n) is 19.3. The molecule has 1 aromatic carbocycles. The fourth-order valence-corrected chi connectivity index (χ4v) is 34.7. The molecule has 4 nitrogen and oxygen atoms in total. The first-order chi connectivity index (χ1) is 11.9. The largest absolute Gasteiger partial charge is 0.431 e. The molecule has 1 aromatic rings. The Morgan fingerprint density at radius 2 is 1.22 bits per heavy atom. The minimum Gasteiger partial charge on any atom is -0.431 e. The van der Waals surface area contributed by atoms with Gasteiger partial charge in [0.15, 0.2) is 0 Å². The lowest BCUT2D eigenvalue weighted by atomic mass is 10.4. The van der Waals surface area contributed by atoms with E-state index < -0.39 is 41.8 Å². The van der Waals surface area contributed by atoms with Crippen molar-refractivity contribution in [2.45, 2.75) is 72.0 Å². The van der Waals surface area contributed by atoms with Gasteiger partial charge in [-0.25, -0.2) is 0 Å². The molecule has 0 radical (unpaired) electrons. The Bertz CT molecular complexity index is 594. The third-order valence-corrected chi connectivity index (χ3v) is 26.7. The second-order valence-electron chi connectivity index (χ2n) is 10.6. The average Bonchev–Trinajstić information content (AvgIpc) is 2.41. The SMILES string of the molecule is C[Si](C)(O)O[Si](C)(CO[Si](C)(C)N([Si](C)(C)C)[Si](C)(C)C)c1ccccc1. The summed E-state index contributed by atoms with van der Waals surface area (Å²) in [5.41, 5.74) is 0. The van der Waals surface area contributed by atoms with Gasteiger partial charge >= 0.3 is 8.56 Å². The number of hydrogen-bond acceptors (Lipinski definition) is 4. The van der Waals surface area contributed by atoms with Gasteiger partial charge in [-0.2, -0.15) is 0 Å². The first kappa shape index (κ1) is 25.2. The predicted molar refractivity (Wildman–Crippen MR) is 130 cm³/mol. The number of hydrogen-bond donors (Lipinski definition) is 1. The molecule has 1 rings (SSSR count). The summed E-state index contributed by atoms with van der Waals surface area (Å²) in [6.07, 6.45) is 0.596.